The topological polar surface area (TPSA) is 12.5 Å². The third-order valence-electron chi connectivity index (χ3n) is 2.37. The molecule has 0 radical (unpaired) electrons. The van der Waals surface area contributed by atoms with Gasteiger partial charge in [0.25, 0.3) is 0 Å². The minimum Gasteiger partial charge on any atom is -0.364 e. The Morgan fingerprint density at radius 1 is 1.18 bits per heavy atom. The van der Waals surface area contributed by atoms with Crippen molar-refractivity contribution in [1.82, 2.24) is 4.90 Å². The van der Waals surface area contributed by atoms with Crippen LogP contribution in [0.4, 0.5) is 0 Å². The fourth-order valence-electron chi connectivity index (χ4n) is 1.38. The molecule has 2 nitrogen and oxygen atoms in total. The Morgan fingerprint density at radius 3 is 2.00 bits per heavy atom. The molecule has 1 heterocycles. The van der Waals surface area contributed by atoms with Gasteiger partial charge in [0.15, 0.2) is 0 Å². The third kappa shape index (κ3) is 2.73. The van der Waals surface area contributed by atoms with Crippen LogP contribution in [0.3, 0.4) is 0 Å². The molecule has 0 spiro atoms. The highest BCUT2D eigenvalue weighted by Gasteiger charge is 2.27. The smallest absolute Gasteiger partial charge is 0.115 e. The van der Waals surface area contributed by atoms with Crippen LogP contribution in [0.25, 0.3) is 0 Å². The lowest BCUT2D eigenvalue weighted by Gasteiger charge is -2.33. The van der Waals surface area contributed by atoms with Gasteiger partial charge in [0.1, 0.15) is 5.72 Å². The van der Waals surface area contributed by atoms with Crippen LogP contribution in [0.15, 0.2) is 0 Å². The van der Waals surface area contributed by atoms with E-state index in [-0.39, 0.29) is 22.7 Å². The van der Waals surface area contributed by atoms with Crippen molar-refractivity contribution < 1.29 is 4.74 Å². The van der Waals surface area contributed by atoms with E-state index in [1.807, 2.05) is 0 Å². The molecule has 0 saturated carbocycles. The van der Waals surface area contributed by atoms with Crippen molar-refractivity contribution in [1.29, 1.82) is 0 Å². The molecule has 0 aliphatic carbocycles. The highest BCUT2D eigenvalue weighted by Crippen LogP contribution is 2.20. The maximum Gasteiger partial charge on any atom is 0.115 e. The Labute approximate surface area is 79.7 Å². The predicted octanol–water partition coefficient (Wildman–Crippen LogP) is 2.04. The van der Waals surface area contributed by atoms with Gasteiger partial charge in [0, 0.05) is 20.2 Å². The molecule has 0 unspecified atom stereocenters. The normalized spacial score (nSPS) is 19.9. The van der Waals surface area contributed by atoms with Crippen LogP contribution < -0.4 is 0 Å². The molecule has 1 aliphatic rings. The van der Waals surface area contributed by atoms with Gasteiger partial charge < -0.3 is 4.74 Å². The van der Waals surface area contributed by atoms with Crippen molar-refractivity contribution in [2.45, 2.75) is 32.4 Å². The van der Waals surface area contributed by atoms with E-state index in [0.29, 0.717) is 0 Å². The van der Waals surface area contributed by atoms with E-state index in [1.54, 1.807) is 7.11 Å². The van der Waals surface area contributed by atoms with Gasteiger partial charge in [0.05, 0.1) is 0 Å². The first kappa shape index (κ1) is 11.4. The standard InChI is InChI=1S/C8H17NO.BrH/c1-8(2,10-3)9-6-4-5-7-9;/h4-7H2,1-3H3;1H. The molecule has 1 saturated heterocycles. The maximum atomic E-state index is 5.35. The Morgan fingerprint density at radius 2 is 1.64 bits per heavy atom. The number of rotatable bonds is 2. The zero-order chi connectivity index (χ0) is 7.61. The second-order valence-electron chi connectivity index (χ2n) is 3.35. The minimum atomic E-state index is -0.0451. The van der Waals surface area contributed by atoms with Crippen LogP contribution >= 0.6 is 17.0 Å². The maximum absolute atomic E-state index is 5.35. The third-order valence-corrected chi connectivity index (χ3v) is 2.37. The Bertz CT molecular complexity index is 111. The number of methoxy groups -OCH3 is 1. The van der Waals surface area contributed by atoms with Gasteiger partial charge in [-0.1, -0.05) is 0 Å². The lowest BCUT2D eigenvalue weighted by Crippen LogP contribution is -2.43. The van der Waals surface area contributed by atoms with E-state index in [1.165, 1.54) is 25.9 Å². The van der Waals surface area contributed by atoms with Gasteiger partial charge in [-0.15, -0.1) is 17.0 Å². The first-order valence-electron chi connectivity index (χ1n) is 3.97. The van der Waals surface area contributed by atoms with E-state index < -0.39 is 0 Å². The highest BCUT2D eigenvalue weighted by molar-refractivity contribution is 8.93. The van der Waals surface area contributed by atoms with Crippen molar-refractivity contribution in [2.24, 2.45) is 0 Å². The van der Waals surface area contributed by atoms with E-state index in [4.69, 9.17) is 4.74 Å². The average molecular weight is 224 g/mol. The number of ether oxygens (including phenoxy) is 1. The number of nitrogens with zero attached hydrogens (tertiary/aromatic N) is 1. The van der Waals surface area contributed by atoms with Crippen LogP contribution in [-0.2, 0) is 4.74 Å². The largest absolute Gasteiger partial charge is 0.364 e. The summed E-state index contributed by atoms with van der Waals surface area (Å²) in [7, 11) is 1.78. The summed E-state index contributed by atoms with van der Waals surface area (Å²) in [6.45, 7) is 6.64. The molecule has 1 fully saturated rings. The molecule has 3 heteroatoms. The predicted molar refractivity (Wildman–Crippen MR) is 52.2 cm³/mol. The van der Waals surface area contributed by atoms with E-state index in [9.17, 15) is 0 Å². The second kappa shape index (κ2) is 4.43. The summed E-state index contributed by atoms with van der Waals surface area (Å²) < 4.78 is 5.35. The van der Waals surface area contributed by atoms with Crippen LogP contribution in [0.1, 0.15) is 26.7 Å². The Kier molecular flexibility index (Phi) is 4.59. The zero-order valence-electron chi connectivity index (χ0n) is 7.59. The van der Waals surface area contributed by atoms with Gasteiger partial charge >= 0.3 is 0 Å². The lowest BCUT2D eigenvalue weighted by atomic mass is 10.3. The molecular formula is C8H18BrNO. The van der Waals surface area contributed by atoms with Gasteiger partial charge in [-0.05, 0) is 26.7 Å². The van der Waals surface area contributed by atoms with Crippen LogP contribution in [0, 0.1) is 0 Å². The molecule has 68 valence electrons. The summed E-state index contributed by atoms with van der Waals surface area (Å²) in [5.74, 6) is 0. The van der Waals surface area contributed by atoms with Crippen molar-refractivity contribution >= 4 is 17.0 Å². The van der Waals surface area contributed by atoms with Crippen LogP contribution in [0.5, 0.6) is 0 Å². The van der Waals surface area contributed by atoms with Crippen LogP contribution in [-0.4, -0.2) is 30.8 Å². The first-order valence-corrected chi connectivity index (χ1v) is 3.97. The Hall–Kier alpha value is 0.400. The van der Waals surface area contributed by atoms with E-state index in [0.717, 1.165) is 0 Å². The number of hydrogen-bond acceptors (Lipinski definition) is 2. The molecule has 0 aromatic heterocycles. The number of hydrogen-bond donors (Lipinski definition) is 0. The first-order chi connectivity index (χ1) is 4.67. The summed E-state index contributed by atoms with van der Waals surface area (Å²) in [5.41, 5.74) is -0.0451. The van der Waals surface area contributed by atoms with Gasteiger partial charge in [-0.25, -0.2) is 0 Å². The average Bonchev–Trinajstić information content (AvgIpc) is 2.38. The minimum absolute atomic E-state index is 0. The highest BCUT2D eigenvalue weighted by atomic mass is 79.9. The summed E-state index contributed by atoms with van der Waals surface area (Å²) in [4.78, 5) is 2.38. The second-order valence-corrected chi connectivity index (χ2v) is 3.35. The van der Waals surface area contributed by atoms with Gasteiger partial charge in [-0.3, -0.25) is 4.90 Å². The summed E-state index contributed by atoms with van der Waals surface area (Å²) in [6, 6.07) is 0. The molecule has 0 bridgehead atoms. The van der Waals surface area contributed by atoms with Crippen LogP contribution in [0.2, 0.25) is 0 Å². The summed E-state index contributed by atoms with van der Waals surface area (Å²) in [5, 5.41) is 0. The van der Waals surface area contributed by atoms with Gasteiger partial charge in [-0.2, -0.15) is 0 Å². The molecule has 0 aromatic carbocycles. The van der Waals surface area contributed by atoms with E-state index >= 15 is 0 Å². The van der Waals surface area contributed by atoms with E-state index in [2.05, 4.69) is 18.7 Å². The molecule has 0 aromatic rings. The monoisotopic (exact) mass is 223 g/mol. The zero-order valence-corrected chi connectivity index (χ0v) is 9.31. The van der Waals surface area contributed by atoms with Crippen molar-refractivity contribution in [3.05, 3.63) is 0 Å². The molecule has 0 N–H and O–H groups in total. The lowest BCUT2D eigenvalue weighted by molar-refractivity contribution is -0.0977. The van der Waals surface area contributed by atoms with Crippen molar-refractivity contribution in [2.75, 3.05) is 20.2 Å². The quantitative estimate of drug-likeness (QED) is 0.711. The Balaban J connectivity index is 0.000001000. The fraction of sp³-hybridized carbons (Fsp3) is 1.00. The van der Waals surface area contributed by atoms with Gasteiger partial charge in [0.2, 0.25) is 0 Å². The molecule has 11 heavy (non-hydrogen) atoms. The van der Waals surface area contributed by atoms with Crippen molar-refractivity contribution in [3.63, 3.8) is 0 Å². The number of likely N-dealkylation sites (tertiary alicyclic amines) is 1. The SMILES string of the molecule is Br.COC(C)(C)N1CCCC1. The molecule has 1 rings (SSSR count). The fourth-order valence-corrected chi connectivity index (χ4v) is 1.38. The van der Waals surface area contributed by atoms with Crippen molar-refractivity contribution in [3.8, 4) is 0 Å². The molecule has 0 atom stereocenters. The molecular weight excluding hydrogens is 206 g/mol. The summed E-state index contributed by atoms with van der Waals surface area (Å²) in [6.07, 6.45) is 2.65. The number of halogens is 1. The molecule has 1 aliphatic heterocycles. The molecule has 0 amide bonds. The summed E-state index contributed by atoms with van der Waals surface area (Å²) >= 11 is 0.